The number of carbonyl (C=O) groups is 1. The average molecular weight is 423 g/mol. The van der Waals surface area contributed by atoms with E-state index in [0.717, 1.165) is 6.07 Å². The zero-order valence-electron chi connectivity index (χ0n) is 12.1. The Labute approximate surface area is 149 Å². The van der Waals surface area contributed by atoms with E-state index in [2.05, 4.69) is 31.5 Å². The van der Waals surface area contributed by atoms with Crippen LogP contribution in [-0.2, 0) is 6.18 Å². The SMILES string of the molecule is O=C(NCCNc1ncc(C(F)(F)F)cc1Cl)c1ccccc1Br. The molecule has 0 unspecified atom stereocenters. The fourth-order valence-electron chi connectivity index (χ4n) is 1.82. The van der Waals surface area contributed by atoms with Crippen LogP contribution in [0.2, 0.25) is 5.02 Å². The Balaban J connectivity index is 1.87. The lowest BCUT2D eigenvalue weighted by atomic mass is 10.2. The van der Waals surface area contributed by atoms with Gasteiger partial charge in [-0.1, -0.05) is 23.7 Å². The van der Waals surface area contributed by atoms with Gasteiger partial charge >= 0.3 is 6.18 Å². The number of anilines is 1. The number of rotatable bonds is 5. The second-order valence-corrected chi connectivity index (χ2v) is 5.98. The second kappa shape index (κ2) is 7.85. The molecule has 2 rings (SSSR count). The fourth-order valence-corrected chi connectivity index (χ4v) is 2.52. The number of hydrogen-bond donors (Lipinski definition) is 2. The number of aromatic nitrogens is 1. The highest BCUT2D eigenvalue weighted by atomic mass is 79.9. The lowest BCUT2D eigenvalue weighted by Crippen LogP contribution is -2.29. The molecule has 24 heavy (non-hydrogen) atoms. The number of hydrogen-bond acceptors (Lipinski definition) is 3. The molecule has 0 fully saturated rings. The molecule has 0 atom stereocenters. The number of alkyl halides is 3. The normalized spacial score (nSPS) is 11.2. The van der Waals surface area contributed by atoms with E-state index in [-0.39, 0.29) is 29.8 Å². The zero-order chi connectivity index (χ0) is 17.7. The Hall–Kier alpha value is -1.80. The van der Waals surface area contributed by atoms with Gasteiger partial charge in [-0.2, -0.15) is 13.2 Å². The minimum atomic E-state index is -4.49. The van der Waals surface area contributed by atoms with Crippen molar-refractivity contribution in [2.24, 2.45) is 0 Å². The number of amides is 1. The number of nitrogens with one attached hydrogen (secondary N) is 2. The molecule has 0 spiro atoms. The molecule has 2 aromatic rings. The van der Waals surface area contributed by atoms with Crippen LogP contribution < -0.4 is 10.6 Å². The molecule has 1 aromatic heterocycles. The molecular formula is C15H12BrClF3N3O. The standard InChI is InChI=1S/C15H12BrClF3N3O/c16-11-4-2-1-3-10(11)14(24)22-6-5-21-13-12(17)7-9(8-23-13)15(18,19)20/h1-4,7-8H,5-6H2,(H,21,23)(H,22,24). The highest BCUT2D eigenvalue weighted by Gasteiger charge is 2.31. The van der Waals surface area contributed by atoms with Gasteiger partial charge in [0.2, 0.25) is 0 Å². The average Bonchev–Trinajstić information content (AvgIpc) is 2.52. The zero-order valence-corrected chi connectivity index (χ0v) is 14.5. The van der Waals surface area contributed by atoms with Crippen molar-refractivity contribution in [2.45, 2.75) is 6.18 Å². The smallest absolute Gasteiger partial charge is 0.367 e. The summed E-state index contributed by atoms with van der Waals surface area (Å²) in [7, 11) is 0. The number of nitrogens with zero attached hydrogens (tertiary/aromatic N) is 1. The van der Waals surface area contributed by atoms with E-state index >= 15 is 0 Å². The Morgan fingerprint density at radius 2 is 1.96 bits per heavy atom. The molecule has 0 saturated carbocycles. The summed E-state index contributed by atoms with van der Waals surface area (Å²) in [6.07, 6.45) is -3.79. The number of halogens is 5. The van der Waals surface area contributed by atoms with Gasteiger partial charge in [0.05, 0.1) is 16.1 Å². The van der Waals surface area contributed by atoms with E-state index in [0.29, 0.717) is 16.2 Å². The van der Waals surface area contributed by atoms with Crippen LogP contribution in [0.3, 0.4) is 0 Å². The van der Waals surface area contributed by atoms with E-state index in [4.69, 9.17) is 11.6 Å². The summed E-state index contributed by atoms with van der Waals surface area (Å²) in [5.74, 6) is -0.143. The van der Waals surface area contributed by atoms with Crippen LogP contribution in [0.4, 0.5) is 19.0 Å². The minimum Gasteiger partial charge on any atom is -0.367 e. The van der Waals surface area contributed by atoms with Crippen molar-refractivity contribution in [1.29, 1.82) is 0 Å². The Kier molecular flexibility index (Phi) is 6.06. The van der Waals surface area contributed by atoms with Gasteiger partial charge < -0.3 is 10.6 Å². The molecule has 0 bridgehead atoms. The van der Waals surface area contributed by atoms with Gasteiger partial charge in [-0.25, -0.2) is 4.98 Å². The number of pyridine rings is 1. The summed E-state index contributed by atoms with van der Waals surface area (Å²) >= 11 is 9.05. The van der Waals surface area contributed by atoms with E-state index in [1.807, 2.05) is 0 Å². The van der Waals surface area contributed by atoms with Gasteiger partial charge in [-0.05, 0) is 34.1 Å². The largest absolute Gasteiger partial charge is 0.417 e. The summed E-state index contributed by atoms with van der Waals surface area (Å²) in [5, 5.41) is 5.32. The molecule has 1 aromatic carbocycles. The first-order valence-electron chi connectivity index (χ1n) is 6.78. The van der Waals surface area contributed by atoms with Crippen LogP contribution >= 0.6 is 27.5 Å². The molecule has 0 radical (unpaired) electrons. The molecule has 1 amide bonds. The summed E-state index contributed by atoms with van der Waals surface area (Å²) in [6, 6.07) is 7.75. The van der Waals surface area contributed by atoms with Gasteiger partial charge in [-0.3, -0.25) is 4.79 Å². The van der Waals surface area contributed by atoms with Crippen molar-refractivity contribution in [1.82, 2.24) is 10.3 Å². The van der Waals surface area contributed by atoms with Crippen molar-refractivity contribution < 1.29 is 18.0 Å². The molecule has 1 heterocycles. The molecule has 2 N–H and O–H groups in total. The maximum atomic E-state index is 12.5. The maximum absolute atomic E-state index is 12.5. The highest BCUT2D eigenvalue weighted by molar-refractivity contribution is 9.10. The topological polar surface area (TPSA) is 54.0 Å². The molecule has 0 aliphatic carbocycles. The van der Waals surface area contributed by atoms with E-state index in [9.17, 15) is 18.0 Å². The molecule has 9 heteroatoms. The minimum absolute atomic E-state index is 0.125. The van der Waals surface area contributed by atoms with Crippen LogP contribution in [0.15, 0.2) is 41.0 Å². The van der Waals surface area contributed by atoms with Crippen molar-refractivity contribution in [2.75, 3.05) is 18.4 Å². The van der Waals surface area contributed by atoms with Crippen LogP contribution in [0, 0.1) is 0 Å². The predicted molar refractivity (Wildman–Crippen MR) is 89.2 cm³/mol. The third kappa shape index (κ3) is 4.85. The second-order valence-electron chi connectivity index (χ2n) is 4.71. The summed E-state index contributed by atoms with van der Waals surface area (Å²) in [5.41, 5.74) is -0.427. The summed E-state index contributed by atoms with van der Waals surface area (Å²) in [6.45, 7) is 0.507. The van der Waals surface area contributed by atoms with Gasteiger partial charge in [0, 0.05) is 23.8 Å². The summed E-state index contributed by atoms with van der Waals surface area (Å²) in [4.78, 5) is 15.6. The quantitative estimate of drug-likeness (QED) is 0.704. The monoisotopic (exact) mass is 421 g/mol. The van der Waals surface area contributed by atoms with Crippen molar-refractivity contribution >= 4 is 39.3 Å². The highest BCUT2D eigenvalue weighted by Crippen LogP contribution is 2.32. The number of benzene rings is 1. The van der Waals surface area contributed by atoms with E-state index < -0.39 is 11.7 Å². The Morgan fingerprint density at radius 1 is 1.25 bits per heavy atom. The van der Waals surface area contributed by atoms with Crippen molar-refractivity contribution in [3.8, 4) is 0 Å². The lowest BCUT2D eigenvalue weighted by molar-refractivity contribution is -0.137. The van der Waals surface area contributed by atoms with E-state index in [1.54, 1.807) is 24.3 Å². The molecular weight excluding hydrogens is 411 g/mol. The van der Waals surface area contributed by atoms with Crippen LogP contribution in [-0.4, -0.2) is 24.0 Å². The fraction of sp³-hybridized carbons (Fsp3) is 0.200. The van der Waals surface area contributed by atoms with E-state index in [1.165, 1.54) is 0 Å². The van der Waals surface area contributed by atoms with Crippen molar-refractivity contribution in [3.05, 3.63) is 57.2 Å². The molecule has 0 aliphatic heterocycles. The molecule has 0 saturated heterocycles. The molecule has 4 nitrogen and oxygen atoms in total. The third-order valence-electron chi connectivity index (χ3n) is 2.99. The third-order valence-corrected chi connectivity index (χ3v) is 3.97. The maximum Gasteiger partial charge on any atom is 0.417 e. The predicted octanol–water partition coefficient (Wildman–Crippen LogP) is 4.36. The number of carbonyl (C=O) groups excluding carboxylic acids is 1. The first-order chi connectivity index (χ1) is 11.3. The summed E-state index contributed by atoms with van der Waals surface area (Å²) < 4.78 is 38.2. The first kappa shape index (κ1) is 18.5. The van der Waals surface area contributed by atoms with Crippen LogP contribution in [0.1, 0.15) is 15.9 Å². The Morgan fingerprint density at radius 3 is 2.58 bits per heavy atom. The first-order valence-corrected chi connectivity index (χ1v) is 7.95. The van der Waals surface area contributed by atoms with Gasteiger partial charge in [-0.15, -0.1) is 0 Å². The van der Waals surface area contributed by atoms with Gasteiger partial charge in [0.1, 0.15) is 5.82 Å². The molecule has 0 aliphatic rings. The van der Waals surface area contributed by atoms with Crippen LogP contribution in [0.5, 0.6) is 0 Å². The van der Waals surface area contributed by atoms with Gasteiger partial charge in [0.15, 0.2) is 0 Å². The van der Waals surface area contributed by atoms with Crippen molar-refractivity contribution in [3.63, 3.8) is 0 Å². The lowest BCUT2D eigenvalue weighted by Gasteiger charge is -2.11. The molecule has 128 valence electrons. The Bertz CT molecular complexity index is 740. The van der Waals surface area contributed by atoms with Crippen LogP contribution in [0.25, 0.3) is 0 Å². The van der Waals surface area contributed by atoms with Gasteiger partial charge in [0.25, 0.3) is 5.91 Å².